The summed E-state index contributed by atoms with van der Waals surface area (Å²) in [6.45, 7) is 8.85. The smallest absolute Gasteiger partial charge is 0.245 e. The molecule has 0 unspecified atom stereocenters. The number of nitrogens with zero attached hydrogens (tertiary/aromatic N) is 3. The van der Waals surface area contributed by atoms with Crippen LogP contribution in [0.1, 0.15) is 27.2 Å². The van der Waals surface area contributed by atoms with E-state index in [2.05, 4.69) is 46.0 Å². The molecule has 0 saturated carbocycles. The molecule has 2 aromatic heterocycles. The zero-order valence-electron chi connectivity index (χ0n) is 12.8. The van der Waals surface area contributed by atoms with Crippen LogP contribution in [0.25, 0.3) is 11.2 Å². The third-order valence-electron chi connectivity index (χ3n) is 2.70. The van der Waals surface area contributed by atoms with Crippen LogP contribution in [0, 0.1) is 5.92 Å². The van der Waals surface area contributed by atoms with Gasteiger partial charge < -0.3 is 19.8 Å². The lowest BCUT2D eigenvalue weighted by atomic mass is 10.2. The number of nitrogens with one attached hydrogen (secondary N) is 2. The molecule has 0 aliphatic rings. The van der Waals surface area contributed by atoms with E-state index in [1.165, 1.54) is 0 Å². The molecule has 116 valence electrons. The largest absolute Gasteiger partial charge is 0.474 e. The maximum atomic E-state index is 5.69. The van der Waals surface area contributed by atoms with Gasteiger partial charge >= 0.3 is 0 Å². The van der Waals surface area contributed by atoms with Crippen LogP contribution in [0.2, 0.25) is 0 Å². The lowest BCUT2D eigenvalue weighted by Crippen LogP contribution is -2.12. The Bertz CT molecular complexity index is 555. The number of anilines is 1. The van der Waals surface area contributed by atoms with Gasteiger partial charge in [-0.25, -0.2) is 4.98 Å². The highest BCUT2D eigenvalue weighted by atomic mass is 16.5. The van der Waals surface area contributed by atoms with Gasteiger partial charge in [0, 0.05) is 13.2 Å². The number of rotatable bonds is 9. The molecule has 7 heteroatoms. The van der Waals surface area contributed by atoms with E-state index in [9.17, 15) is 0 Å². The van der Waals surface area contributed by atoms with Gasteiger partial charge in [-0.05, 0) is 12.3 Å². The van der Waals surface area contributed by atoms with Crippen molar-refractivity contribution < 1.29 is 9.47 Å². The molecule has 2 aromatic rings. The summed E-state index contributed by atoms with van der Waals surface area (Å²) in [7, 11) is 0. The van der Waals surface area contributed by atoms with Crippen LogP contribution in [0.4, 0.5) is 5.95 Å². The molecular weight excluding hydrogens is 270 g/mol. The van der Waals surface area contributed by atoms with E-state index in [0.29, 0.717) is 42.1 Å². The molecule has 0 bridgehead atoms. The van der Waals surface area contributed by atoms with Crippen molar-refractivity contribution in [3.8, 4) is 5.88 Å². The maximum Gasteiger partial charge on any atom is 0.245 e. The van der Waals surface area contributed by atoms with Crippen LogP contribution >= 0.6 is 0 Å². The third-order valence-corrected chi connectivity index (χ3v) is 2.70. The predicted molar refractivity (Wildman–Crippen MR) is 81.6 cm³/mol. The summed E-state index contributed by atoms with van der Waals surface area (Å²) < 4.78 is 11.2. The van der Waals surface area contributed by atoms with Gasteiger partial charge in [-0.3, -0.25) is 0 Å². The van der Waals surface area contributed by atoms with Crippen molar-refractivity contribution in [1.82, 2.24) is 19.9 Å². The van der Waals surface area contributed by atoms with Crippen LogP contribution in [0.5, 0.6) is 5.88 Å². The van der Waals surface area contributed by atoms with Crippen LogP contribution in [0.3, 0.4) is 0 Å². The Labute approximate surface area is 124 Å². The van der Waals surface area contributed by atoms with Crippen molar-refractivity contribution in [1.29, 1.82) is 0 Å². The molecule has 0 amide bonds. The average Bonchev–Trinajstić information content (AvgIpc) is 2.92. The van der Waals surface area contributed by atoms with Gasteiger partial charge in [-0.2, -0.15) is 9.97 Å². The highest BCUT2D eigenvalue weighted by Gasteiger charge is 2.10. The van der Waals surface area contributed by atoms with Gasteiger partial charge in [-0.1, -0.05) is 20.8 Å². The summed E-state index contributed by atoms with van der Waals surface area (Å²) in [5.74, 6) is 1.56. The fourth-order valence-electron chi connectivity index (χ4n) is 1.74. The minimum absolute atomic E-state index is 0.449. The fraction of sp³-hybridized carbons (Fsp3) is 0.643. The molecule has 0 atom stereocenters. The first-order valence-electron chi connectivity index (χ1n) is 7.36. The fourth-order valence-corrected chi connectivity index (χ4v) is 1.74. The topological polar surface area (TPSA) is 85.0 Å². The summed E-state index contributed by atoms with van der Waals surface area (Å²) in [5, 5.41) is 3.15. The summed E-state index contributed by atoms with van der Waals surface area (Å²) in [5.41, 5.74) is 1.31. The molecule has 0 aromatic carbocycles. The standard InChI is InChI=1S/C14H23N5O2/c1-4-5-15-14-18-12-11(16-9-17-12)13(19-14)21-7-6-20-8-10(2)3/h9-10H,4-8H2,1-3H3,(H2,15,16,17,18,19). The van der Waals surface area contributed by atoms with Crippen LogP contribution in [-0.2, 0) is 4.74 Å². The second-order valence-corrected chi connectivity index (χ2v) is 5.20. The van der Waals surface area contributed by atoms with Crippen LogP contribution in [0.15, 0.2) is 6.33 Å². The monoisotopic (exact) mass is 293 g/mol. The Morgan fingerprint density at radius 2 is 2.14 bits per heavy atom. The molecule has 21 heavy (non-hydrogen) atoms. The minimum Gasteiger partial charge on any atom is -0.474 e. The molecular formula is C14H23N5O2. The molecule has 2 heterocycles. The SMILES string of the molecule is CCCNc1nc(OCCOCC(C)C)c2[nH]cnc2n1. The van der Waals surface area contributed by atoms with Crippen molar-refractivity contribution >= 4 is 17.1 Å². The van der Waals surface area contributed by atoms with Gasteiger partial charge in [0.25, 0.3) is 0 Å². The zero-order chi connectivity index (χ0) is 15.1. The second-order valence-electron chi connectivity index (χ2n) is 5.20. The van der Waals surface area contributed by atoms with Crippen LogP contribution in [-0.4, -0.2) is 46.3 Å². The molecule has 7 nitrogen and oxygen atoms in total. The van der Waals surface area contributed by atoms with Crippen molar-refractivity contribution in [2.45, 2.75) is 27.2 Å². The van der Waals surface area contributed by atoms with Crippen molar-refractivity contribution in [3.63, 3.8) is 0 Å². The Balaban J connectivity index is 1.98. The molecule has 0 saturated heterocycles. The van der Waals surface area contributed by atoms with Crippen molar-refractivity contribution in [3.05, 3.63) is 6.33 Å². The number of ether oxygens (including phenoxy) is 2. The highest BCUT2D eigenvalue weighted by molar-refractivity contribution is 5.76. The molecule has 0 aliphatic heterocycles. The minimum atomic E-state index is 0.449. The summed E-state index contributed by atoms with van der Waals surface area (Å²) in [4.78, 5) is 15.9. The number of aromatic nitrogens is 4. The van der Waals surface area contributed by atoms with Gasteiger partial charge in [0.05, 0.1) is 12.9 Å². The van der Waals surface area contributed by atoms with E-state index < -0.39 is 0 Å². The van der Waals surface area contributed by atoms with Gasteiger partial charge in [0.2, 0.25) is 11.8 Å². The van der Waals surface area contributed by atoms with Crippen LogP contribution < -0.4 is 10.1 Å². The summed E-state index contributed by atoms with van der Waals surface area (Å²) >= 11 is 0. The normalized spacial score (nSPS) is 11.2. The first-order chi connectivity index (χ1) is 10.2. The molecule has 0 spiro atoms. The number of hydrogen-bond donors (Lipinski definition) is 2. The Morgan fingerprint density at radius 3 is 2.90 bits per heavy atom. The van der Waals surface area contributed by atoms with E-state index in [4.69, 9.17) is 9.47 Å². The maximum absolute atomic E-state index is 5.69. The Kier molecular flexibility index (Phi) is 5.74. The second kappa shape index (κ2) is 7.78. The molecule has 0 radical (unpaired) electrons. The summed E-state index contributed by atoms with van der Waals surface area (Å²) in [6.07, 6.45) is 2.59. The average molecular weight is 293 g/mol. The van der Waals surface area contributed by atoms with E-state index in [-0.39, 0.29) is 0 Å². The van der Waals surface area contributed by atoms with Crippen molar-refractivity contribution in [2.75, 3.05) is 31.7 Å². The number of H-pyrrole nitrogens is 1. The van der Waals surface area contributed by atoms with E-state index >= 15 is 0 Å². The first kappa shape index (κ1) is 15.5. The lowest BCUT2D eigenvalue weighted by Gasteiger charge is -2.10. The van der Waals surface area contributed by atoms with E-state index in [1.807, 2.05) is 0 Å². The molecule has 0 aliphatic carbocycles. The first-order valence-corrected chi connectivity index (χ1v) is 7.36. The number of imidazole rings is 1. The Hall–Kier alpha value is -1.89. The molecule has 0 fully saturated rings. The van der Waals surface area contributed by atoms with E-state index in [0.717, 1.165) is 19.6 Å². The Morgan fingerprint density at radius 1 is 1.29 bits per heavy atom. The molecule has 2 rings (SSSR count). The highest BCUT2D eigenvalue weighted by Crippen LogP contribution is 2.20. The number of aromatic amines is 1. The molecule has 2 N–H and O–H groups in total. The van der Waals surface area contributed by atoms with E-state index in [1.54, 1.807) is 6.33 Å². The predicted octanol–water partition coefficient (Wildman–Crippen LogP) is 2.23. The van der Waals surface area contributed by atoms with Gasteiger partial charge in [0.15, 0.2) is 5.65 Å². The quantitative estimate of drug-likeness (QED) is 0.690. The third kappa shape index (κ3) is 4.56. The van der Waals surface area contributed by atoms with Gasteiger partial charge in [0.1, 0.15) is 12.1 Å². The summed E-state index contributed by atoms with van der Waals surface area (Å²) in [6, 6.07) is 0. The lowest BCUT2D eigenvalue weighted by molar-refractivity contribution is 0.0810. The number of fused-ring (bicyclic) bond motifs is 1. The van der Waals surface area contributed by atoms with Crippen molar-refractivity contribution in [2.24, 2.45) is 5.92 Å². The van der Waals surface area contributed by atoms with Gasteiger partial charge in [-0.15, -0.1) is 0 Å². The zero-order valence-corrected chi connectivity index (χ0v) is 12.8. The number of hydrogen-bond acceptors (Lipinski definition) is 6.